The van der Waals surface area contributed by atoms with E-state index in [0.29, 0.717) is 6.54 Å². The second kappa shape index (κ2) is 10.8. The maximum atomic E-state index is 13.1. The fourth-order valence-corrected chi connectivity index (χ4v) is 2.43. The lowest BCUT2D eigenvalue weighted by Gasteiger charge is -2.18. The minimum atomic E-state index is -0.341. The predicted octanol–water partition coefficient (Wildman–Crippen LogP) is 3.16. The van der Waals surface area contributed by atoms with Gasteiger partial charge in [0.1, 0.15) is 11.6 Å². The van der Waals surface area contributed by atoms with E-state index in [-0.39, 0.29) is 42.6 Å². The molecular formula is C21H20F2N6O2. The molecule has 0 spiro atoms. The Labute approximate surface area is 178 Å². The van der Waals surface area contributed by atoms with Crippen LogP contribution in [0.25, 0.3) is 0 Å². The minimum Gasteiger partial charge on any atom is -0.350 e. The third kappa shape index (κ3) is 6.88. The number of hydrogen-bond donors (Lipinski definition) is 2. The molecule has 0 fully saturated rings. The van der Waals surface area contributed by atoms with E-state index in [0.717, 1.165) is 16.4 Å². The van der Waals surface area contributed by atoms with E-state index >= 15 is 0 Å². The molecule has 0 bridgehead atoms. The van der Waals surface area contributed by atoms with E-state index in [1.807, 2.05) is 0 Å². The molecule has 0 saturated heterocycles. The predicted molar refractivity (Wildman–Crippen MR) is 110 cm³/mol. The molecule has 160 valence electrons. The van der Waals surface area contributed by atoms with Gasteiger partial charge in [0.15, 0.2) is 0 Å². The van der Waals surface area contributed by atoms with Crippen LogP contribution in [-0.4, -0.2) is 33.8 Å². The molecule has 2 N–H and O–H groups in total. The van der Waals surface area contributed by atoms with Crippen molar-refractivity contribution in [3.05, 3.63) is 71.3 Å². The molecule has 31 heavy (non-hydrogen) atoms. The first-order valence-corrected chi connectivity index (χ1v) is 9.21. The van der Waals surface area contributed by atoms with Crippen LogP contribution >= 0.6 is 0 Å². The number of hydroxylamine groups is 2. The van der Waals surface area contributed by atoms with Crippen LogP contribution in [0, 0.1) is 24.0 Å². The normalized spacial score (nSPS) is 10.5. The highest BCUT2D eigenvalue weighted by atomic mass is 19.1. The minimum absolute atomic E-state index is 0.0555. The van der Waals surface area contributed by atoms with Crippen LogP contribution in [0.15, 0.2) is 48.5 Å². The van der Waals surface area contributed by atoms with Gasteiger partial charge in [0.05, 0.1) is 20.2 Å². The molecular weight excluding hydrogens is 406 g/mol. The molecule has 3 aromatic rings. The molecule has 0 aliphatic rings. The van der Waals surface area contributed by atoms with E-state index in [9.17, 15) is 8.78 Å². The SMILES string of the molecule is C#CCNc1nc(NCc2ccc(F)cc2)nc(ON(Cc2ccc(F)cc2)OC)n1. The maximum Gasteiger partial charge on any atom is 0.345 e. The number of anilines is 2. The lowest BCUT2D eigenvalue weighted by atomic mass is 10.2. The molecule has 2 aromatic carbocycles. The van der Waals surface area contributed by atoms with Crippen molar-refractivity contribution < 1.29 is 18.5 Å². The number of terminal acetylenes is 1. The van der Waals surface area contributed by atoms with E-state index in [1.165, 1.54) is 31.4 Å². The van der Waals surface area contributed by atoms with Crippen molar-refractivity contribution in [3.63, 3.8) is 0 Å². The topological polar surface area (TPSA) is 84.4 Å². The summed E-state index contributed by atoms with van der Waals surface area (Å²) in [5.74, 6) is 2.19. The number of nitrogens with zero attached hydrogens (tertiary/aromatic N) is 4. The summed E-state index contributed by atoms with van der Waals surface area (Å²) in [7, 11) is 1.41. The second-order valence-electron chi connectivity index (χ2n) is 6.19. The number of aromatic nitrogens is 3. The zero-order valence-corrected chi connectivity index (χ0v) is 16.7. The Morgan fingerprint density at radius 3 is 2.06 bits per heavy atom. The number of benzene rings is 2. The van der Waals surface area contributed by atoms with E-state index in [4.69, 9.17) is 16.1 Å². The summed E-state index contributed by atoms with van der Waals surface area (Å²) < 4.78 is 26.2. The summed E-state index contributed by atoms with van der Waals surface area (Å²) in [6.07, 6.45) is 5.28. The van der Waals surface area contributed by atoms with Gasteiger partial charge in [-0.1, -0.05) is 30.2 Å². The second-order valence-corrected chi connectivity index (χ2v) is 6.19. The molecule has 10 heteroatoms. The standard InChI is InChI=1S/C21H20F2N6O2/c1-3-12-24-19-26-20(25-13-15-4-8-17(22)9-5-15)28-21(27-19)31-29(30-2)14-16-6-10-18(23)11-7-16/h1,4-11H,12-14H2,2H3,(H2,24,25,26,27,28). The highest BCUT2D eigenvalue weighted by molar-refractivity contribution is 5.37. The van der Waals surface area contributed by atoms with Crippen LogP contribution in [0.1, 0.15) is 11.1 Å². The first kappa shape index (κ1) is 21.9. The summed E-state index contributed by atoms with van der Waals surface area (Å²) in [5, 5.41) is 7.02. The van der Waals surface area contributed by atoms with Crippen molar-refractivity contribution >= 4 is 11.9 Å². The molecule has 0 aliphatic heterocycles. The quantitative estimate of drug-likeness (QED) is 0.378. The molecule has 8 nitrogen and oxygen atoms in total. The molecule has 0 saturated carbocycles. The fourth-order valence-electron chi connectivity index (χ4n) is 2.43. The first-order valence-electron chi connectivity index (χ1n) is 9.21. The van der Waals surface area contributed by atoms with Gasteiger partial charge in [-0.25, -0.2) is 8.78 Å². The van der Waals surface area contributed by atoms with Crippen LogP contribution in [0.3, 0.4) is 0 Å². The molecule has 0 unspecified atom stereocenters. The van der Waals surface area contributed by atoms with Gasteiger partial charge in [-0.05, 0) is 40.6 Å². The van der Waals surface area contributed by atoms with Gasteiger partial charge in [-0.2, -0.15) is 15.0 Å². The van der Waals surface area contributed by atoms with Crippen molar-refractivity contribution in [3.8, 4) is 18.4 Å². The summed E-state index contributed by atoms with van der Waals surface area (Å²) in [6.45, 7) is 0.736. The van der Waals surface area contributed by atoms with Crippen molar-refractivity contribution in [2.24, 2.45) is 0 Å². The Morgan fingerprint density at radius 1 is 0.903 bits per heavy atom. The van der Waals surface area contributed by atoms with Gasteiger partial charge in [-0.15, -0.1) is 6.42 Å². The fraction of sp³-hybridized carbons (Fsp3) is 0.190. The maximum absolute atomic E-state index is 13.1. The van der Waals surface area contributed by atoms with Crippen molar-refractivity contribution in [1.29, 1.82) is 0 Å². The van der Waals surface area contributed by atoms with Crippen LogP contribution < -0.4 is 15.5 Å². The van der Waals surface area contributed by atoms with Crippen LogP contribution in [-0.2, 0) is 17.9 Å². The molecule has 1 heterocycles. The van der Waals surface area contributed by atoms with E-state index in [1.54, 1.807) is 24.3 Å². The van der Waals surface area contributed by atoms with Gasteiger partial charge in [0, 0.05) is 6.54 Å². The Balaban J connectivity index is 1.73. The third-order valence-electron chi connectivity index (χ3n) is 3.94. The van der Waals surface area contributed by atoms with Crippen LogP contribution in [0.2, 0.25) is 0 Å². The molecule has 1 aromatic heterocycles. The summed E-state index contributed by atoms with van der Waals surface area (Å²) in [5.41, 5.74) is 1.58. The molecule has 0 aliphatic carbocycles. The average Bonchev–Trinajstić information content (AvgIpc) is 2.78. The lowest BCUT2D eigenvalue weighted by molar-refractivity contribution is -0.312. The lowest BCUT2D eigenvalue weighted by Crippen LogP contribution is -2.27. The van der Waals surface area contributed by atoms with Crippen LogP contribution in [0.5, 0.6) is 6.01 Å². The van der Waals surface area contributed by atoms with Crippen molar-refractivity contribution in [2.75, 3.05) is 24.3 Å². The molecule has 3 rings (SSSR count). The Hall–Kier alpha value is -3.81. The first-order chi connectivity index (χ1) is 15.1. The van der Waals surface area contributed by atoms with Crippen LogP contribution in [0.4, 0.5) is 20.7 Å². The number of hydrogen-bond acceptors (Lipinski definition) is 8. The number of rotatable bonds is 10. The summed E-state index contributed by atoms with van der Waals surface area (Å²) in [4.78, 5) is 23.4. The average molecular weight is 426 g/mol. The van der Waals surface area contributed by atoms with Gasteiger partial charge >= 0.3 is 6.01 Å². The third-order valence-corrected chi connectivity index (χ3v) is 3.94. The number of halogens is 2. The summed E-state index contributed by atoms with van der Waals surface area (Å²) in [6, 6.07) is 11.9. The Bertz CT molecular complexity index is 1030. The number of nitrogens with one attached hydrogen (secondary N) is 2. The highest BCUT2D eigenvalue weighted by Crippen LogP contribution is 2.15. The van der Waals surface area contributed by atoms with Crippen molar-refractivity contribution in [1.82, 2.24) is 20.2 Å². The van der Waals surface area contributed by atoms with Crippen molar-refractivity contribution in [2.45, 2.75) is 13.1 Å². The highest BCUT2D eigenvalue weighted by Gasteiger charge is 2.13. The van der Waals surface area contributed by atoms with Gasteiger partial charge in [0.25, 0.3) is 0 Å². The monoisotopic (exact) mass is 426 g/mol. The zero-order valence-electron chi connectivity index (χ0n) is 16.7. The smallest absolute Gasteiger partial charge is 0.345 e. The summed E-state index contributed by atoms with van der Waals surface area (Å²) >= 11 is 0. The van der Waals surface area contributed by atoms with Gasteiger partial charge in [-0.3, -0.25) is 4.84 Å². The molecule has 0 radical (unpaired) electrons. The van der Waals surface area contributed by atoms with E-state index in [2.05, 4.69) is 31.5 Å². The Morgan fingerprint density at radius 2 is 1.48 bits per heavy atom. The van der Waals surface area contributed by atoms with Gasteiger partial charge < -0.3 is 15.5 Å². The molecule has 0 atom stereocenters. The zero-order chi connectivity index (χ0) is 22.1. The Kier molecular flexibility index (Phi) is 7.64. The largest absolute Gasteiger partial charge is 0.350 e. The van der Waals surface area contributed by atoms with E-state index < -0.39 is 0 Å². The molecule has 0 amide bonds. The van der Waals surface area contributed by atoms with Gasteiger partial charge in [0.2, 0.25) is 11.9 Å².